The Kier molecular flexibility index (Phi) is 3.96. The quantitative estimate of drug-likeness (QED) is 0.678. The van der Waals surface area contributed by atoms with Gasteiger partial charge in [0.15, 0.2) is 0 Å². The Morgan fingerprint density at radius 2 is 2.18 bits per heavy atom. The first-order valence-electron chi connectivity index (χ1n) is 6.04. The van der Waals surface area contributed by atoms with Gasteiger partial charge < -0.3 is 20.1 Å². The van der Waals surface area contributed by atoms with E-state index in [0.29, 0.717) is 32.7 Å². The van der Waals surface area contributed by atoms with E-state index in [1.54, 1.807) is 0 Å². The van der Waals surface area contributed by atoms with Crippen LogP contribution in [-0.2, 0) is 14.3 Å². The van der Waals surface area contributed by atoms with Gasteiger partial charge in [-0.15, -0.1) is 0 Å². The largest absolute Gasteiger partial charge is 0.480 e. The van der Waals surface area contributed by atoms with E-state index in [1.807, 2.05) is 0 Å². The Bertz CT molecular complexity index is 302. The molecule has 0 aromatic carbocycles. The molecule has 6 nitrogen and oxygen atoms in total. The van der Waals surface area contributed by atoms with Crippen LogP contribution in [0.5, 0.6) is 0 Å². The van der Waals surface area contributed by atoms with Crippen molar-refractivity contribution in [3.05, 3.63) is 0 Å². The molecule has 2 aliphatic rings. The third-order valence-electron chi connectivity index (χ3n) is 3.29. The first kappa shape index (κ1) is 12.3. The number of carbonyl (C=O) groups is 2. The molecule has 1 amide bonds. The number of aliphatic carboxylic acids is 1. The van der Waals surface area contributed by atoms with Crippen molar-refractivity contribution >= 4 is 11.9 Å². The van der Waals surface area contributed by atoms with Crippen molar-refractivity contribution in [3.8, 4) is 0 Å². The molecule has 96 valence electrons. The van der Waals surface area contributed by atoms with Gasteiger partial charge in [0, 0.05) is 13.1 Å². The third-order valence-corrected chi connectivity index (χ3v) is 3.29. The number of carboxylic acid groups (broad SMARTS) is 1. The van der Waals surface area contributed by atoms with Crippen molar-refractivity contribution in [3.63, 3.8) is 0 Å². The van der Waals surface area contributed by atoms with E-state index in [1.165, 1.54) is 4.90 Å². The van der Waals surface area contributed by atoms with Gasteiger partial charge in [-0.05, 0) is 19.3 Å². The van der Waals surface area contributed by atoms with Crippen molar-refractivity contribution in [2.75, 3.05) is 26.3 Å². The molecule has 2 N–H and O–H groups in total. The highest BCUT2D eigenvalue weighted by atomic mass is 16.5. The standard InChI is InChI=1S/C11H18N2O4/c14-10(8-7-17-6-4-12-8)13-5-2-1-3-9(13)11(15)16/h8-9,12H,1-7H2,(H,15,16). The molecule has 2 aliphatic heterocycles. The summed E-state index contributed by atoms with van der Waals surface area (Å²) in [6.07, 6.45) is 2.30. The Balaban J connectivity index is 2.02. The molecule has 2 saturated heterocycles. The lowest BCUT2D eigenvalue weighted by Crippen LogP contribution is -2.57. The lowest BCUT2D eigenvalue weighted by molar-refractivity contribution is -0.154. The highest BCUT2D eigenvalue weighted by molar-refractivity contribution is 5.87. The first-order valence-corrected chi connectivity index (χ1v) is 6.04. The zero-order valence-electron chi connectivity index (χ0n) is 9.72. The second-order valence-electron chi connectivity index (χ2n) is 4.46. The summed E-state index contributed by atoms with van der Waals surface area (Å²) in [7, 11) is 0. The van der Waals surface area contributed by atoms with Crippen molar-refractivity contribution in [2.45, 2.75) is 31.3 Å². The van der Waals surface area contributed by atoms with Crippen LogP contribution in [0.3, 0.4) is 0 Å². The zero-order valence-corrected chi connectivity index (χ0v) is 9.72. The lowest BCUT2D eigenvalue weighted by Gasteiger charge is -2.36. The molecule has 0 spiro atoms. The number of piperidine rings is 1. The van der Waals surface area contributed by atoms with E-state index >= 15 is 0 Å². The van der Waals surface area contributed by atoms with Gasteiger partial charge in [0.1, 0.15) is 12.1 Å². The van der Waals surface area contributed by atoms with Crippen LogP contribution >= 0.6 is 0 Å². The highest BCUT2D eigenvalue weighted by Gasteiger charge is 2.35. The zero-order chi connectivity index (χ0) is 12.3. The Labute approximate surface area is 99.9 Å². The SMILES string of the molecule is O=C(O)C1CCCCN1C(=O)C1COCCN1. The molecule has 0 radical (unpaired) electrons. The van der Waals surface area contributed by atoms with Gasteiger partial charge in [-0.3, -0.25) is 4.79 Å². The summed E-state index contributed by atoms with van der Waals surface area (Å²) in [6, 6.07) is -1.05. The molecule has 6 heteroatoms. The first-order chi connectivity index (χ1) is 8.20. The van der Waals surface area contributed by atoms with Crippen LogP contribution in [0.25, 0.3) is 0 Å². The van der Waals surface area contributed by atoms with E-state index in [2.05, 4.69) is 5.32 Å². The minimum atomic E-state index is -0.908. The number of nitrogens with one attached hydrogen (secondary N) is 1. The molecule has 2 rings (SSSR count). The molecule has 0 saturated carbocycles. The minimum absolute atomic E-state index is 0.142. The third kappa shape index (κ3) is 2.76. The topological polar surface area (TPSA) is 78.9 Å². The number of hydrogen-bond donors (Lipinski definition) is 2. The van der Waals surface area contributed by atoms with Gasteiger partial charge in [-0.25, -0.2) is 4.79 Å². The fourth-order valence-corrected chi connectivity index (χ4v) is 2.38. The maximum Gasteiger partial charge on any atom is 0.326 e. The average Bonchev–Trinajstić information content (AvgIpc) is 2.39. The molecule has 0 aromatic rings. The molecule has 2 heterocycles. The number of rotatable bonds is 2. The summed E-state index contributed by atoms with van der Waals surface area (Å²) in [6.45, 7) is 2.11. The van der Waals surface area contributed by atoms with Gasteiger partial charge in [-0.2, -0.15) is 0 Å². The molecule has 0 aliphatic carbocycles. The van der Waals surface area contributed by atoms with Crippen molar-refractivity contribution in [1.29, 1.82) is 0 Å². The van der Waals surface area contributed by atoms with E-state index in [-0.39, 0.29) is 11.9 Å². The molecular weight excluding hydrogens is 224 g/mol. The maximum absolute atomic E-state index is 12.2. The summed E-state index contributed by atoms with van der Waals surface area (Å²) in [4.78, 5) is 24.8. The van der Waals surface area contributed by atoms with E-state index < -0.39 is 12.0 Å². The number of ether oxygens (including phenoxy) is 1. The molecular formula is C11H18N2O4. The number of carboxylic acids is 1. The molecule has 0 bridgehead atoms. The van der Waals surface area contributed by atoms with Crippen LogP contribution in [0.2, 0.25) is 0 Å². The van der Waals surface area contributed by atoms with Gasteiger partial charge in [-0.1, -0.05) is 0 Å². The predicted octanol–water partition coefficient (Wildman–Crippen LogP) is -0.559. The second-order valence-corrected chi connectivity index (χ2v) is 4.46. The van der Waals surface area contributed by atoms with Crippen LogP contribution in [0.4, 0.5) is 0 Å². The Morgan fingerprint density at radius 1 is 1.35 bits per heavy atom. The summed E-state index contributed by atoms with van der Waals surface area (Å²) in [5.41, 5.74) is 0. The van der Waals surface area contributed by atoms with Crippen LogP contribution < -0.4 is 5.32 Å². The normalized spacial score (nSPS) is 30.0. The van der Waals surface area contributed by atoms with E-state index in [9.17, 15) is 9.59 Å². The molecule has 2 unspecified atom stereocenters. The van der Waals surface area contributed by atoms with Crippen LogP contribution in [0, 0.1) is 0 Å². The van der Waals surface area contributed by atoms with E-state index in [4.69, 9.17) is 9.84 Å². The average molecular weight is 242 g/mol. The number of amides is 1. The number of likely N-dealkylation sites (tertiary alicyclic amines) is 1. The minimum Gasteiger partial charge on any atom is -0.480 e. The number of morpholine rings is 1. The van der Waals surface area contributed by atoms with E-state index in [0.717, 1.165) is 12.8 Å². The van der Waals surface area contributed by atoms with Crippen LogP contribution in [0.15, 0.2) is 0 Å². The maximum atomic E-state index is 12.2. The van der Waals surface area contributed by atoms with Crippen molar-refractivity contribution in [1.82, 2.24) is 10.2 Å². The molecule has 17 heavy (non-hydrogen) atoms. The summed E-state index contributed by atoms with van der Waals surface area (Å²) in [5.74, 6) is -1.05. The molecule has 0 aromatic heterocycles. The summed E-state index contributed by atoms with van der Waals surface area (Å²) >= 11 is 0. The van der Waals surface area contributed by atoms with Crippen molar-refractivity contribution in [2.24, 2.45) is 0 Å². The smallest absolute Gasteiger partial charge is 0.326 e. The Hall–Kier alpha value is -1.14. The lowest BCUT2D eigenvalue weighted by atomic mass is 10.0. The van der Waals surface area contributed by atoms with Gasteiger partial charge in [0.2, 0.25) is 5.91 Å². The second kappa shape index (κ2) is 5.46. The number of nitrogens with zero attached hydrogens (tertiary/aromatic N) is 1. The highest BCUT2D eigenvalue weighted by Crippen LogP contribution is 2.18. The number of carbonyl (C=O) groups excluding carboxylic acids is 1. The summed E-state index contributed by atoms with van der Waals surface area (Å²) < 4.78 is 5.23. The van der Waals surface area contributed by atoms with Gasteiger partial charge in [0.25, 0.3) is 0 Å². The Morgan fingerprint density at radius 3 is 2.82 bits per heavy atom. The van der Waals surface area contributed by atoms with Crippen LogP contribution in [-0.4, -0.2) is 60.3 Å². The fourth-order valence-electron chi connectivity index (χ4n) is 2.38. The predicted molar refractivity (Wildman–Crippen MR) is 59.6 cm³/mol. The number of hydrogen-bond acceptors (Lipinski definition) is 4. The monoisotopic (exact) mass is 242 g/mol. The summed E-state index contributed by atoms with van der Waals surface area (Å²) in [5, 5.41) is 12.2. The van der Waals surface area contributed by atoms with Crippen LogP contribution in [0.1, 0.15) is 19.3 Å². The fraction of sp³-hybridized carbons (Fsp3) is 0.818. The van der Waals surface area contributed by atoms with Gasteiger partial charge in [0.05, 0.1) is 13.2 Å². The molecule has 2 fully saturated rings. The van der Waals surface area contributed by atoms with Crippen molar-refractivity contribution < 1.29 is 19.4 Å². The molecule has 2 atom stereocenters. The van der Waals surface area contributed by atoms with Gasteiger partial charge >= 0.3 is 5.97 Å².